The van der Waals surface area contributed by atoms with Crippen LogP contribution in [0.3, 0.4) is 0 Å². The molecule has 1 atom stereocenters. The van der Waals surface area contributed by atoms with Crippen LogP contribution in [0, 0.1) is 0 Å². The number of benzene rings is 3. The Morgan fingerprint density at radius 1 is 0.848 bits per heavy atom. The van der Waals surface area contributed by atoms with Crippen molar-refractivity contribution < 1.29 is 24.5 Å². The third kappa shape index (κ3) is 2.65. The molecule has 13 heteroatoms. The van der Waals surface area contributed by atoms with Gasteiger partial charge in [-0.3, -0.25) is 17.5 Å². The summed E-state index contributed by atoms with van der Waals surface area (Å²) in [5, 5.41) is 20.2. The molecule has 1 unspecified atom stereocenters. The molecule has 0 aliphatic carbocycles. The molecule has 5 rings (SSSR count). The van der Waals surface area contributed by atoms with Gasteiger partial charge in [-0.05, 0) is 18.2 Å². The van der Waals surface area contributed by atoms with Crippen LogP contribution < -0.4 is 38.5 Å². The van der Waals surface area contributed by atoms with E-state index in [1.165, 1.54) is 30.3 Å². The minimum Gasteiger partial charge on any atom is -0.508 e. The number of ether oxygens (including phenoxy) is 2. The summed E-state index contributed by atoms with van der Waals surface area (Å²) in [7, 11) is 0. The van der Waals surface area contributed by atoms with Crippen molar-refractivity contribution in [3.05, 3.63) is 62.6 Å². The number of carbonyl (C=O) groups is 1. The van der Waals surface area contributed by atoms with Gasteiger partial charge in [0.15, 0.2) is 5.60 Å². The number of hydrazine groups is 3. The zero-order chi connectivity index (χ0) is 23.7. The predicted molar refractivity (Wildman–Crippen MR) is 121 cm³/mol. The predicted octanol–water partition coefficient (Wildman–Crippen LogP) is 2.83. The highest BCUT2D eigenvalue weighted by Gasteiger charge is 2.57. The van der Waals surface area contributed by atoms with Crippen LogP contribution in [0.25, 0.3) is 0 Å². The Morgan fingerprint density at radius 2 is 1.52 bits per heavy atom. The molecule has 3 aromatic rings. The number of nitrogen functional groups attached to an aromatic ring is 3. The van der Waals surface area contributed by atoms with Gasteiger partial charge in [-0.1, -0.05) is 23.2 Å². The van der Waals surface area contributed by atoms with Crippen LogP contribution in [0.15, 0.2) is 30.3 Å². The van der Waals surface area contributed by atoms with Crippen molar-refractivity contribution in [1.29, 1.82) is 0 Å². The Kier molecular flexibility index (Phi) is 4.64. The summed E-state index contributed by atoms with van der Waals surface area (Å²) >= 11 is 13.3. The SMILES string of the molecule is NNc1c(Cl)c2c(c(NN)c1NN)C(=O)OC21c2ccc(O)cc2Oc2cc(O)cc(Cl)c21. The summed E-state index contributed by atoms with van der Waals surface area (Å²) in [6.45, 7) is 0. The van der Waals surface area contributed by atoms with E-state index in [-0.39, 0.29) is 66.8 Å². The largest absolute Gasteiger partial charge is 0.508 e. The second-order valence-electron chi connectivity index (χ2n) is 7.28. The number of halogens is 2. The van der Waals surface area contributed by atoms with Gasteiger partial charge in [0.25, 0.3) is 0 Å². The average molecular weight is 491 g/mol. The van der Waals surface area contributed by atoms with E-state index in [0.717, 1.165) is 0 Å². The molecule has 11 nitrogen and oxygen atoms in total. The number of hydrogen-bond donors (Lipinski definition) is 8. The number of carbonyl (C=O) groups excluding carboxylic acids is 1. The van der Waals surface area contributed by atoms with Crippen molar-refractivity contribution in [3.8, 4) is 23.0 Å². The molecule has 0 aromatic heterocycles. The number of fused-ring (bicyclic) bond motifs is 6. The molecule has 1 spiro atoms. The Bertz CT molecular complexity index is 1370. The molecule has 11 N–H and O–H groups in total. The van der Waals surface area contributed by atoms with E-state index in [1.807, 2.05) is 0 Å². The molecule has 2 heterocycles. The third-order valence-corrected chi connectivity index (χ3v) is 6.31. The van der Waals surface area contributed by atoms with E-state index in [9.17, 15) is 15.0 Å². The van der Waals surface area contributed by atoms with Gasteiger partial charge in [-0.25, -0.2) is 4.79 Å². The lowest BCUT2D eigenvalue weighted by Gasteiger charge is -2.37. The van der Waals surface area contributed by atoms with Gasteiger partial charge in [0.2, 0.25) is 0 Å². The second kappa shape index (κ2) is 7.20. The van der Waals surface area contributed by atoms with Crippen LogP contribution >= 0.6 is 23.2 Å². The molecule has 2 aliphatic rings. The maximum atomic E-state index is 13.3. The molecular formula is C20H16Cl2N6O5. The normalized spacial score (nSPS) is 17.5. The molecule has 3 aromatic carbocycles. The van der Waals surface area contributed by atoms with E-state index in [4.69, 9.17) is 50.2 Å². The van der Waals surface area contributed by atoms with Gasteiger partial charge < -0.3 is 36.0 Å². The molecule has 0 bridgehead atoms. The lowest BCUT2D eigenvalue weighted by atomic mass is 9.77. The van der Waals surface area contributed by atoms with E-state index < -0.39 is 11.6 Å². The van der Waals surface area contributed by atoms with Crippen LogP contribution in [0.2, 0.25) is 10.0 Å². The average Bonchev–Trinajstić information content (AvgIpc) is 3.06. The number of hydrogen-bond acceptors (Lipinski definition) is 11. The zero-order valence-electron chi connectivity index (χ0n) is 16.5. The Labute approximate surface area is 195 Å². The molecule has 0 saturated carbocycles. The fraction of sp³-hybridized carbons (Fsp3) is 0.0500. The van der Waals surface area contributed by atoms with E-state index in [1.54, 1.807) is 0 Å². The van der Waals surface area contributed by atoms with Crippen LogP contribution in [-0.2, 0) is 10.3 Å². The number of anilines is 3. The summed E-state index contributed by atoms with van der Waals surface area (Å²) in [5.41, 5.74) is 6.52. The first-order valence-corrected chi connectivity index (χ1v) is 10.1. The van der Waals surface area contributed by atoms with Crippen molar-refractivity contribution >= 4 is 46.2 Å². The molecule has 0 amide bonds. The first-order valence-electron chi connectivity index (χ1n) is 9.35. The first-order chi connectivity index (χ1) is 15.8. The van der Waals surface area contributed by atoms with Gasteiger partial charge in [0, 0.05) is 23.3 Å². The number of aromatic hydroxyl groups is 2. The van der Waals surface area contributed by atoms with Crippen molar-refractivity contribution in [2.75, 3.05) is 16.3 Å². The topological polar surface area (TPSA) is 190 Å². The van der Waals surface area contributed by atoms with Crippen LogP contribution in [0.1, 0.15) is 27.0 Å². The maximum Gasteiger partial charge on any atom is 0.342 e. The fourth-order valence-electron chi connectivity index (χ4n) is 4.41. The highest BCUT2D eigenvalue weighted by Crippen LogP contribution is 2.62. The van der Waals surface area contributed by atoms with Crippen molar-refractivity contribution in [2.45, 2.75) is 5.60 Å². The molecule has 0 saturated heterocycles. The van der Waals surface area contributed by atoms with Gasteiger partial charge in [0.1, 0.15) is 28.7 Å². The number of nitrogens with two attached hydrogens (primary N) is 3. The highest BCUT2D eigenvalue weighted by molar-refractivity contribution is 6.37. The van der Waals surface area contributed by atoms with Crippen LogP contribution in [0.5, 0.6) is 23.0 Å². The summed E-state index contributed by atoms with van der Waals surface area (Å²) in [6.07, 6.45) is 0. The fourth-order valence-corrected chi connectivity index (χ4v) is 5.13. The van der Waals surface area contributed by atoms with Gasteiger partial charge in [-0.2, -0.15) is 0 Å². The van der Waals surface area contributed by atoms with E-state index >= 15 is 0 Å². The smallest absolute Gasteiger partial charge is 0.342 e. The second-order valence-corrected chi connectivity index (χ2v) is 8.06. The number of phenols is 2. The van der Waals surface area contributed by atoms with Crippen molar-refractivity contribution in [2.24, 2.45) is 17.5 Å². The van der Waals surface area contributed by atoms with Crippen LogP contribution in [-0.4, -0.2) is 16.2 Å². The minimum absolute atomic E-state index is 0.0127. The third-order valence-electron chi connectivity index (χ3n) is 5.63. The monoisotopic (exact) mass is 490 g/mol. The molecule has 2 aliphatic heterocycles. The molecule has 0 fully saturated rings. The summed E-state index contributed by atoms with van der Waals surface area (Å²) < 4.78 is 11.9. The Morgan fingerprint density at radius 3 is 2.18 bits per heavy atom. The number of phenolic OH excluding ortho intramolecular Hbond substituents is 2. The Hall–Kier alpha value is -3.61. The van der Waals surface area contributed by atoms with E-state index in [2.05, 4.69) is 16.3 Å². The number of esters is 1. The quantitative estimate of drug-likeness (QED) is 0.153. The molecular weight excluding hydrogens is 475 g/mol. The Balaban J connectivity index is 2.00. The minimum atomic E-state index is -1.74. The molecule has 170 valence electrons. The first kappa shape index (κ1) is 21.2. The molecule has 0 radical (unpaired) electrons. The van der Waals surface area contributed by atoms with Gasteiger partial charge in [0.05, 0.1) is 32.5 Å². The van der Waals surface area contributed by atoms with Crippen molar-refractivity contribution in [3.63, 3.8) is 0 Å². The summed E-state index contributed by atoms with van der Waals surface area (Å²) in [5.74, 6) is 16.2. The number of nitrogens with one attached hydrogen (secondary N) is 3. The highest BCUT2D eigenvalue weighted by atomic mass is 35.5. The van der Waals surface area contributed by atoms with Gasteiger partial charge in [-0.15, -0.1) is 0 Å². The van der Waals surface area contributed by atoms with Crippen molar-refractivity contribution in [1.82, 2.24) is 0 Å². The number of rotatable bonds is 3. The molecule has 33 heavy (non-hydrogen) atoms. The van der Waals surface area contributed by atoms with Gasteiger partial charge >= 0.3 is 5.97 Å². The standard InChI is InChI=1S/C20H16Cl2N6O5/c21-9-3-7(30)5-11-13(9)20(8-2-1-6(29)4-10(8)32-11)14-12(19(31)33-20)16(26-23)18(28-25)17(27-24)15(14)22/h1-5,26-30H,23-25H2. The summed E-state index contributed by atoms with van der Waals surface area (Å²) in [6, 6.07) is 6.81. The van der Waals surface area contributed by atoms with Crippen LogP contribution in [0.4, 0.5) is 17.1 Å². The zero-order valence-corrected chi connectivity index (χ0v) is 18.0. The lowest BCUT2D eigenvalue weighted by Crippen LogP contribution is -2.34. The lowest BCUT2D eigenvalue weighted by molar-refractivity contribution is 0.0225. The van der Waals surface area contributed by atoms with E-state index in [0.29, 0.717) is 5.56 Å². The maximum absolute atomic E-state index is 13.3. The summed E-state index contributed by atoms with van der Waals surface area (Å²) in [4.78, 5) is 13.3.